The topological polar surface area (TPSA) is 112 Å². The molecule has 0 bridgehead atoms. The lowest BCUT2D eigenvalue weighted by Crippen LogP contribution is -2.29. The van der Waals surface area contributed by atoms with E-state index in [-0.39, 0.29) is 40.2 Å². The fourth-order valence-corrected chi connectivity index (χ4v) is 4.89. The first-order valence-electron chi connectivity index (χ1n) is 12.4. The van der Waals surface area contributed by atoms with Gasteiger partial charge in [-0.3, -0.25) is 14.0 Å². The van der Waals surface area contributed by atoms with Crippen LogP contribution in [0.3, 0.4) is 0 Å². The summed E-state index contributed by atoms with van der Waals surface area (Å²) < 4.78 is 64.5. The molecule has 0 radical (unpaired) electrons. The molecule has 200 valence electrons. The summed E-state index contributed by atoms with van der Waals surface area (Å²) in [4.78, 5) is 25.7. The predicted octanol–water partition coefficient (Wildman–Crippen LogP) is 4.59. The summed E-state index contributed by atoms with van der Waals surface area (Å²) in [6.07, 6.45) is 1.51. The minimum absolute atomic E-state index is 0.0219. The van der Waals surface area contributed by atoms with Crippen LogP contribution in [0.15, 0.2) is 35.4 Å². The zero-order chi connectivity index (χ0) is 27.5. The Labute approximate surface area is 218 Å². The molecule has 1 saturated carbocycles. The highest BCUT2D eigenvalue weighted by Gasteiger charge is 2.38. The van der Waals surface area contributed by atoms with E-state index in [2.05, 4.69) is 20.1 Å². The van der Waals surface area contributed by atoms with Crippen molar-refractivity contribution in [2.45, 2.75) is 49.9 Å². The Morgan fingerprint density at radius 3 is 2.62 bits per heavy atom. The standard InChI is InChI=1S/C26H21F4N7O2/c1-36-24(38)22-21(35-25(36)26(28,29)30)20(17-5-2-13(10-31)8-18(17)27)33-23(34-22)14-6-7-39-19(9-14)15-11-32-37(12-15)16-3-4-16/h2,5,8,11-12,14,16,19H,3-4,6-7,9H2,1H3/t14-,19+/m1/s1. The molecule has 13 heteroatoms. The second kappa shape index (κ2) is 9.23. The van der Waals surface area contributed by atoms with E-state index < -0.39 is 28.9 Å². The lowest BCUT2D eigenvalue weighted by atomic mass is 9.92. The molecule has 1 aromatic carbocycles. The molecule has 2 aliphatic rings. The van der Waals surface area contributed by atoms with Crippen molar-refractivity contribution in [1.82, 2.24) is 29.3 Å². The van der Waals surface area contributed by atoms with Gasteiger partial charge in [-0.05, 0) is 43.9 Å². The third kappa shape index (κ3) is 4.54. The number of halogens is 4. The summed E-state index contributed by atoms with van der Waals surface area (Å²) in [5.74, 6) is -2.48. The van der Waals surface area contributed by atoms with Crippen molar-refractivity contribution in [1.29, 1.82) is 5.26 Å². The third-order valence-corrected chi connectivity index (χ3v) is 7.11. The zero-order valence-corrected chi connectivity index (χ0v) is 20.6. The second-order valence-electron chi connectivity index (χ2n) is 9.80. The van der Waals surface area contributed by atoms with Gasteiger partial charge >= 0.3 is 6.18 Å². The number of rotatable bonds is 4. The van der Waals surface area contributed by atoms with E-state index in [0.29, 0.717) is 30.1 Å². The maximum Gasteiger partial charge on any atom is 0.449 e. The van der Waals surface area contributed by atoms with Gasteiger partial charge in [0.2, 0.25) is 5.82 Å². The number of alkyl halides is 3. The first-order chi connectivity index (χ1) is 18.6. The van der Waals surface area contributed by atoms with Crippen LogP contribution in [0.4, 0.5) is 17.6 Å². The maximum absolute atomic E-state index is 15.1. The summed E-state index contributed by atoms with van der Waals surface area (Å²) in [7, 11) is 0.962. The summed E-state index contributed by atoms with van der Waals surface area (Å²) in [6.45, 7) is 0.356. The Kier molecular flexibility index (Phi) is 5.95. The number of benzene rings is 1. The van der Waals surface area contributed by atoms with E-state index in [0.717, 1.165) is 31.5 Å². The van der Waals surface area contributed by atoms with E-state index in [4.69, 9.17) is 10.00 Å². The third-order valence-electron chi connectivity index (χ3n) is 7.11. The minimum atomic E-state index is -4.94. The highest BCUT2D eigenvalue weighted by molar-refractivity contribution is 5.88. The molecular weight excluding hydrogens is 518 g/mol. The van der Waals surface area contributed by atoms with Gasteiger partial charge in [0.05, 0.1) is 30.0 Å². The van der Waals surface area contributed by atoms with Crippen molar-refractivity contribution >= 4 is 11.0 Å². The first-order valence-corrected chi connectivity index (χ1v) is 12.4. The summed E-state index contributed by atoms with van der Waals surface area (Å²) in [5, 5.41) is 13.5. The molecule has 1 aliphatic heterocycles. The highest BCUT2D eigenvalue weighted by atomic mass is 19.4. The Morgan fingerprint density at radius 1 is 1.13 bits per heavy atom. The molecule has 2 atom stereocenters. The van der Waals surface area contributed by atoms with E-state index >= 15 is 4.39 Å². The number of nitrogens with zero attached hydrogens (tertiary/aromatic N) is 7. The number of ether oxygens (including phenoxy) is 1. The molecule has 4 heterocycles. The molecule has 1 aliphatic carbocycles. The van der Waals surface area contributed by atoms with E-state index in [1.54, 1.807) is 6.20 Å². The monoisotopic (exact) mass is 539 g/mol. The van der Waals surface area contributed by atoms with Crippen LogP contribution < -0.4 is 5.56 Å². The van der Waals surface area contributed by atoms with Crippen LogP contribution in [0, 0.1) is 17.1 Å². The minimum Gasteiger partial charge on any atom is -0.373 e. The van der Waals surface area contributed by atoms with E-state index in [9.17, 15) is 18.0 Å². The SMILES string of the molecule is Cn1c(C(F)(F)F)nc2c(-c3ccc(C#N)cc3F)nc([C@@H]3CCO[C@H](c4cnn(C5CC5)c4)C3)nc2c1=O. The molecule has 1 saturated heterocycles. The van der Waals surface area contributed by atoms with Crippen LogP contribution in [-0.2, 0) is 18.0 Å². The lowest BCUT2D eigenvalue weighted by molar-refractivity contribution is -0.147. The van der Waals surface area contributed by atoms with Gasteiger partial charge in [0.25, 0.3) is 5.56 Å². The van der Waals surface area contributed by atoms with E-state index in [1.165, 1.54) is 12.1 Å². The summed E-state index contributed by atoms with van der Waals surface area (Å²) in [6, 6.07) is 5.73. The first kappa shape index (κ1) is 25.1. The predicted molar refractivity (Wildman–Crippen MR) is 129 cm³/mol. The molecule has 0 amide bonds. The molecular formula is C26H21F4N7O2. The molecule has 9 nitrogen and oxygen atoms in total. The summed E-state index contributed by atoms with van der Waals surface area (Å²) in [5.41, 5.74) is -1.37. The van der Waals surface area contributed by atoms with Gasteiger partial charge in [-0.2, -0.15) is 23.5 Å². The number of aromatic nitrogens is 6. The lowest BCUT2D eigenvalue weighted by Gasteiger charge is -2.28. The quantitative estimate of drug-likeness (QED) is 0.349. The van der Waals surface area contributed by atoms with Crippen LogP contribution in [-0.4, -0.2) is 35.9 Å². The van der Waals surface area contributed by atoms with Gasteiger partial charge in [0.15, 0.2) is 5.52 Å². The molecule has 2 fully saturated rings. The number of nitriles is 1. The van der Waals surface area contributed by atoms with Gasteiger partial charge in [0, 0.05) is 36.9 Å². The maximum atomic E-state index is 15.1. The average Bonchev–Trinajstić information content (AvgIpc) is 3.65. The Bertz CT molecular complexity index is 1700. The van der Waals surface area contributed by atoms with Crippen molar-refractivity contribution in [3.63, 3.8) is 0 Å². The van der Waals surface area contributed by atoms with Gasteiger partial charge in [-0.15, -0.1) is 0 Å². The molecule has 39 heavy (non-hydrogen) atoms. The van der Waals surface area contributed by atoms with Crippen molar-refractivity contribution in [2.75, 3.05) is 6.61 Å². The van der Waals surface area contributed by atoms with Gasteiger partial charge < -0.3 is 4.74 Å². The molecule has 0 unspecified atom stereocenters. The van der Waals surface area contributed by atoms with Crippen LogP contribution in [0.5, 0.6) is 0 Å². The molecule has 3 aromatic heterocycles. The Morgan fingerprint density at radius 2 is 1.92 bits per heavy atom. The van der Waals surface area contributed by atoms with Crippen molar-refractivity contribution in [2.24, 2.45) is 7.05 Å². The fraction of sp³-hybridized carbons (Fsp3) is 0.385. The Hall–Kier alpha value is -4.18. The van der Waals surface area contributed by atoms with Crippen LogP contribution in [0.25, 0.3) is 22.3 Å². The highest BCUT2D eigenvalue weighted by Crippen LogP contribution is 2.40. The van der Waals surface area contributed by atoms with Gasteiger partial charge in [0.1, 0.15) is 22.9 Å². The molecule has 0 N–H and O–H groups in total. The van der Waals surface area contributed by atoms with Crippen LogP contribution in [0.2, 0.25) is 0 Å². The zero-order valence-electron chi connectivity index (χ0n) is 20.6. The summed E-state index contributed by atoms with van der Waals surface area (Å²) >= 11 is 0. The van der Waals surface area contributed by atoms with E-state index in [1.807, 2.05) is 16.9 Å². The normalized spacial score (nSPS) is 19.8. The smallest absolute Gasteiger partial charge is 0.373 e. The van der Waals surface area contributed by atoms with Crippen molar-refractivity contribution < 1.29 is 22.3 Å². The van der Waals surface area contributed by atoms with Crippen LogP contribution in [0.1, 0.15) is 66.5 Å². The van der Waals surface area contributed by atoms with Gasteiger partial charge in [-0.1, -0.05) is 0 Å². The second-order valence-corrected chi connectivity index (χ2v) is 9.80. The van der Waals surface area contributed by atoms with Crippen molar-refractivity contribution in [3.8, 4) is 17.3 Å². The molecule has 4 aromatic rings. The van der Waals surface area contributed by atoms with Crippen molar-refractivity contribution in [3.05, 3.63) is 69.5 Å². The number of hydrogen-bond acceptors (Lipinski definition) is 7. The largest absolute Gasteiger partial charge is 0.449 e. The Balaban J connectivity index is 1.49. The molecule has 0 spiro atoms. The molecule has 6 rings (SSSR count). The number of fused-ring (bicyclic) bond motifs is 1. The van der Waals surface area contributed by atoms with Gasteiger partial charge in [-0.25, -0.2) is 19.3 Å². The van der Waals surface area contributed by atoms with Crippen LogP contribution >= 0.6 is 0 Å². The average molecular weight is 539 g/mol. The number of hydrogen-bond donors (Lipinski definition) is 0. The fourth-order valence-electron chi connectivity index (χ4n) is 4.89.